The summed E-state index contributed by atoms with van der Waals surface area (Å²) < 4.78 is 35.8. The zero-order chi connectivity index (χ0) is 23.3. The second kappa shape index (κ2) is 10.1. The van der Waals surface area contributed by atoms with Crippen molar-refractivity contribution in [1.29, 1.82) is 0 Å². The summed E-state index contributed by atoms with van der Waals surface area (Å²) in [6.45, 7) is -0.0226. The summed E-state index contributed by atoms with van der Waals surface area (Å²) in [6.07, 6.45) is 1.38. The Morgan fingerprint density at radius 1 is 1.22 bits per heavy atom. The van der Waals surface area contributed by atoms with Crippen LogP contribution in [0.5, 0.6) is 11.5 Å². The standard InChI is InChI=1S/C20H18N2O7S3/c1-28-16-11-13(7-8-15(16)29-10-9-18(23)24)12-17-19(25)22(20(30)31-17)21-32(26,27)14-5-3-2-4-6-14/h2-8,11-12,21H,9-10H2,1H3,(H,23,24)/b17-12+. The number of sulfonamides is 1. The average molecular weight is 495 g/mol. The predicted octanol–water partition coefficient (Wildman–Crippen LogP) is 2.64. The molecule has 1 fully saturated rings. The Morgan fingerprint density at radius 2 is 1.94 bits per heavy atom. The number of thiocarbonyl (C=S) groups is 1. The third-order valence-electron chi connectivity index (χ3n) is 4.12. The molecule has 2 aromatic rings. The lowest BCUT2D eigenvalue weighted by molar-refractivity contribution is -0.137. The monoisotopic (exact) mass is 494 g/mol. The number of ether oxygens (including phenoxy) is 2. The smallest absolute Gasteiger partial charge is 0.306 e. The van der Waals surface area contributed by atoms with Crippen molar-refractivity contribution >= 4 is 56.3 Å². The number of nitrogens with one attached hydrogen (secondary N) is 1. The second-order valence-corrected chi connectivity index (χ2v) is 9.66. The van der Waals surface area contributed by atoms with Gasteiger partial charge in [-0.05, 0) is 35.9 Å². The number of nitrogens with zero attached hydrogens (tertiary/aromatic N) is 1. The minimum Gasteiger partial charge on any atom is -0.493 e. The van der Waals surface area contributed by atoms with Gasteiger partial charge in [-0.15, -0.1) is 4.83 Å². The Bertz CT molecular complexity index is 1180. The summed E-state index contributed by atoms with van der Waals surface area (Å²) in [5, 5.41) is 9.53. The molecule has 0 aromatic heterocycles. The van der Waals surface area contributed by atoms with E-state index in [9.17, 15) is 18.0 Å². The highest BCUT2D eigenvalue weighted by Crippen LogP contribution is 2.34. The average Bonchev–Trinajstić information content (AvgIpc) is 3.02. The van der Waals surface area contributed by atoms with Gasteiger partial charge in [0, 0.05) is 0 Å². The summed E-state index contributed by atoms with van der Waals surface area (Å²) >= 11 is 6.13. The molecular formula is C20H18N2O7S3. The number of carboxylic acids is 1. The summed E-state index contributed by atoms with van der Waals surface area (Å²) in [5.74, 6) is -0.885. The van der Waals surface area contributed by atoms with Gasteiger partial charge in [0.15, 0.2) is 15.8 Å². The van der Waals surface area contributed by atoms with Crippen LogP contribution in [0.15, 0.2) is 58.3 Å². The highest BCUT2D eigenvalue weighted by Gasteiger charge is 2.35. The lowest BCUT2D eigenvalue weighted by Gasteiger charge is -2.15. The molecule has 2 aromatic carbocycles. The molecule has 0 saturated carbocycles. The van der Waals surface area contributed by atoms with Crippen molar-refractivity contribution in [1.82, 2.24) is 9.84 Å². The van der Waals surface area contributed by atoms with Gasteiger partial charge in [-0.3, -0.25) is 9.59 Å². The van der Waals surface area contributed by atoms with Gasteiger partial charge in [0.25, 0.3) is 15.9 Å². The third kappa shape index (κ3) is 5.65. The van der Waals surface area contributed by atoms with Gasteiger partial charge in [-0.2, -0.15) is 0 Å². The predicted molar refractivity (Wildman–Crippen MR) is 123 cm³/mol. The van der Waals surface area contributed by atoms with Crippen LogP contribution in [0.1, 0.15) is 12.0 Å². The molecule has 0 spiro atoms. The Morgan fingerprint density at radius 3 is 2.59 bits per heavy atom. The molecular weight excluding hydrogens is 476 g/mol. The Labute approximate surface area is 194 Å². The first kappa shape index (κ1) is 23.7. The number of carboxylic acid groups (broad SMARTS) is 1. The van der Waals surface area contributed by atoms with Gasteiger partial charge in [0.05, 0.1) is 29.9 Å². The highest BCUT2D eigenvalue weighted by molar-refractivity contribution is 8.26. The first-order valence-corrected chi connectivity index (χ1v) is 11.8. The number of carbonyl (C=O) groups is 2. The molecule has 0 bridgehead atoms. The third-order valence-corrected chi connectivity index (χ3v) is 6.74. The molecule has 0 radical (unpaired) electrons. The number of hydrogen-bond acceptors (Lipinski definition) is 8. The van der Waals surface area contributed by atoms with Crippen molar-refractivity contribution in [2.24, 2.45) is 0 Å². The number of hydrazine groups is 1. The number of thioether (sulfide) groups is 1. The van der Waals surface area contributed by atoms with Crippen LogP contribution in [0.25, 0.3) is 6.08 Å². The van der Waals surface area contributed by atoms with E-state index in [4.69, 9.17) is 26.8 Å². The summed E-state index contributed by atoms with van der Waals surface area (Å²) in [7, 11) is -2.56. The van der Waals surface area contributed by atoms with E-state index in [1.807, 2.05) is 0 Å². The van der Waals surface area contributed by atoms with Crippen molar-refractivity contribution in [3.05, 3.63) is 59.0 Å². The summed E-state index contributed by atoms with van der Waals surface area (Å²) in [4.78, 5) is 25.8. The van der Waals surface area contributed by atoms with Crippen molar-refractivity contribution in [3.8, 4) is 11.5 Å². The molecule has 1 amide bonds. The normalized spacial score (nSPS) is 15.3. The van der Waals surface area contributed by atoms with E-state index in [2.05, 4.69) is 4.83 Å². The molecule has 32 heavy (non-hydrogen) atoms. The summed E-state index contributed by atoms with van der Waals surface area (Å²) in [5.41, 5.74) is 0.582. The fourth-order valence-corrected chi connectivity index (χ4v) is 4.94. The topological polar surface area (TPSA) is 122 Å². The van der Waals surface area contributed by atoms with Gasteiger partial charge >= 0.3 is 5.97 Å². The molecule has 1 aliphatic rings. The van der Waals surface area contributed by atoms with Crippen molar-refractivity contribution in [3.63, 3.8) is 0 Å². The second-order valence-electron chi connectivity index (χ2n) is 6.33. The molecule has 0 atom stereocenters. The van der Waals surface area contributed by atoms with Crippen LogP contribution >= 0.6 is 24.0 Å². The summed E-state index contributed by atoms with van der Waals surface area (Å²) in [6, 6.07) is 12.5. The van der Waals surface area contributed by atoms with E-state index < -0.39 is 21.9 Å². The number of carbonyl (C=O) groups excluding carboxylic acids is 1. The van der Waals surface area contributed by atoms with Crippen molar-refractivity contribution in [2.75, 3.05) is 13.7 Å². The van der Waals surface area contributed by atoms with E-state index in [0.29, 0.717) is 17.1 Å². The maximum absolute atomic E-state index is 12.8. The quantitative estimate of drug-likeness (QED) is 0.400. The minimum atomic E-state index is -3.99. The van der Waals surface area contributed by atoms with E-state index in [0.717, 1.165) is 16.8 Å². The SMILES string of the molecule is COc1cc(/C=C2/SC(=S)N(NS(=O)(=O)c3ccccc3)C2=O)ccc1OCCC(=O)O. The van der Waals surface area contributed by atoms with Crippen LogP contribution in [0.4, 0.5) is 0 Å². The fourth-order valence-electron chi connectivity index (χ4n) is 2.61. The van der Waals surface area contributed by atoms with E-state index in [-0.39, 0.29) is 27.1 Å². The molecule has 1 heterocycles. The molecule has 9 nitrogen and oxygen atoms in total. The molecule has 1 saturated heterocycles. The molecule has 12 heteroatoms. The Balaban J connectivity index is 1.77. The number of rotatable bonds is 9. The van der Waals surface area contributed by atoms with E-state index in [1.165, 1.54) is 19.2 Å². The van der Waals surface area contributed by atoms with Crippen LogP contribution < -0.4 is 14.3 Å². The van der Waals surface area contributed by atoms with Crippen LogP contribution in [0.3, 0.4) is 0 Å². The fraction of sp³-hybridized carbons (Fsp3) is 0.150. The van der Waals surface area contributed by atoms with Crippen LogP contribution in [0.2, 0.25) is 0 Å². The van der Waals surface area contributed by atoms with Gasteiger partial charge in [0.2, 0.25) is 0 Å². The van der Waals surface area contributed by atoms with Crippen molar-refractivity contribution in [2.45, 2.75) is 11.3 Å². The molecule has 3 rings (SSSR count). The molecule has 2 N–H and O–H groups in total. The highest BCUT2D eigenvalue weighted by atomic mass is 32.2. The largest absolute Gasteiger partial charge is 0.493 e. The van der Waals surface area contributed by atoms with Gasteiger partial charge in [-0.1, -0.05) is 48.2 Å². The molecule has 1 aliphatic heterocycles. The number of amides is 1. The molecule has 168 valence electrons. The zero-order valence-electron chi connectivity index (χ0n) is 16.7. The number of hydrogen-bond donors (Lipinski definition) is 2. The van der Waals surface area contributed by atoms with Crippen LogP contribution in [-0.2, 0) is 19.6 Å². The van der Waals surface area contributed by atoms with Gasteiger partial charge in [0.1, 0.15) is 0 Å². The Hall–Kier alpha value is -2.93. The minimum absolute atomic E-state index is 0.00116. The number of benzene rings is 2. The maximum Gasteiger partial charge on any atom is 0.306 e. The van der Waals surface area contributed by atoms with E-state index in [1.54, 1.807) is 42.5 Å². The number of aliphatic carboxylic acids is 1. The Kier molecular flexibility index (Phi) is 7.51. The zero-order valence-corrected chi connectivity index (χ0v) is 19.1. The maximum atomic E-state index is 12.8. The van der Waals surface area contributed by atoms with Crippen LogP contribution in [0, 0.1) is 0 Å². The molecule has 0 aliphatic carbocycles. The first-order valence-electron chi connectivity index (χ1n) is 9.09. The lowest BCUT2D eigenvalue weighted by Crippen LogP contribution is -2.44. The first-order chi connectivity index (χ1) is 15.2. The molecule has 0 unspecified atom stereocenters. The van der Waals surface area contributed by atoms with Gasteiger partial charge < -0.3 is 14.6 Å². The lowest BCUT2D eigenvalue weighted by atomic mass is 10.2. The van der Waals surface area contributed by atoms with Crippen LogP contribution in [-0.4, -0.2) is 48.4 Å². The van der Waals surface area contributed by atoms with Crippen molar-refractivity contribution < 1.29 is 32.6 Å². The number of methoxy groups -OCH3 is 1. The van der Waals surface area contributed by atoms with E-state index >= 15 is 0 Å². The van der Waals surface area contributed by atoms with Gasteiger partial charge in [-0.25, -0.2) is 13.4 Å².